The standard InChI is InChI=1S/C16H15NO2S/c1-10-3-4-14-12(8-19-15(14)5-10)6-13(18)7-16-17-11(2)9-20-16/h3-5,8-9H,6-7H2,1-2H3. The molecule has 0 fully saturated rings. The molecule has 3 nitrogen and oxygen atoms in total. The Kier molecular flexibility index (Phi) is 3.40. The number of rotatable bonds is 4. The van der Waals surface area contributed by atoms with Crippen LogP contribution in [-0.2, 0) is 17.6 Å². The quantitative estimate of drug-likeness (QED) is 0.731. The van der Waals surface area contributed by atoms with Crippen LogP contribution in [-0.4, -0.2) is 10.8 Å². The van der Waals surface area contributed by atoms with Gasteiger partial charge in [-0.05, 0) is 25.5 Å². The lowest BCUT2D eigenvalue weighted by Crippen LogP contribution is -2.06. The molecule has 0 saturated carbocycles. The van der Waals surface area contributed by atoms with Crippen LogP contribution in [0.4, 0.5) is 0 Å². The maximum atomic E-state index is 12.1. The Morgan fingerprint density at radius 3 is 2.90 bits per heavy atom. The van der Waals surface area contributed by atoms with Gasteiger partial charge in [-0.2, -0.15) is 0 Å². The highest BCUT2D eigenvalue weighted by Crippen LogP contribution is 2.23. The molecule has 0 N–H and O–H groups in total. The Morgan fingerprint density at radius 1 is 1.30 bits per heavy atom. The fourth-order valence-electron chi connectivity index (χ4n) is 2.25. The number of carbonyl (C=O) groups excluding carboxylic acids is 1. The van der Waals surface area contributed by atoms with Crippen molar-refractivity contribution in [1.29, 1.82) is 0 Å². The van der Waals surface area contributed by atoms with E-state index in [2.05, 4.69) is 4.98 Å². The number of thiazole rings is 1. The zero-order valence-corrected chi connectivity index (χ0v) is 12.3. The molecule has 3 aromatic rings. The number of Topliss-reactive ketones (excluding diaryl/α,β-unsaturated/α-hetero) is 1. The van der Waals surface area contributed by atoms with Crippen molar-refractivity contribution in [3.63, 3.8) is 0 Å². The van der Waals surface area contributed by atoms with E-state index in [9.17, 15) is 4.79 Å². The van der Waals surface area contributed by atoms with E-state index >= 15 is 0 Å². The predicted octanol–water partition coefficient (Wildman–Crippen LogP) is 3.86. The fourth-order valence-corrected chi connectivity index (χ4v) is 3.06. The number of ketones is 1. The summed E-state index contributed by atoms with van der Waals surface area (Å²) < 4.78 is 5.52. The molecule has 2 heterocycles. The van der Waals surface area contributed by atoms with Crippen molar-refractivity contribution >= 4 is 28.1 Å². The van der Waals surface area contributed by atoms with Crippen molar-refractivity contribution < 1.29 is 9.21 Å². The van der Waals surface area contributed by atoms with Crippen molar-refractivity contribution in [2.75, 3.05) is 0 Å². The third-order valence-corrected chi connectivity index (χ3v) is 4.18. The maximum absolute atomic E-state index is 12.1. The molecule has 20 heavy (non-hydrogen) atoms. The molecule has 2 aromatic heterocycles. The van der Waals surface area contributed by atoms with E-state index < -0.39 is 0 Å². The van der Waals surface area contributed by atoms with Gasteiger partial charge in [0.25, 0.3) is 0 Å². The van der Waals surface area contributed by atoms with E-state index in [4.69, 9.17) is 4.42 Å². The topological polar surface area (TPSA) is 43.1 Å². The Balaban J connectivity index is 1.77. The summed E-state index contributed by atoms with van der Waals surface area (Å²) in [5.41, 5.74) is 3.93. The van der Waals surface area contributed by atoms with Crippen molar-refractivity contribution in [3.05, 3.63) is 51.7 Å². The first-order chi connectivity index (χ1) is 9.61. The summed E-state index contributed by atoms with van der Waals surface area (Å²) in [6.45, 7) is 3.97. The Bertz CT molecular complexity index is 770. The molecule has 0 radical (unpaired) electrons. The van der Waals surface area contributed by atoms with E-state index in [1.54, 1.807) is 17.6 Å². The number of aromatic nitrogens is 1. The van der Waals surface area contributed by atoms with E-state index in [1.807, 2.05) is 37.4 Å². The van der Waals surface area contributed by atoms with Crippen LogP contribution in [0, 0.1) is 13.8 Å². The lowest BCUT2D eigenvalue weighted by atomic mass is 10.1. The van der Waals surface area contributed by atoms with Gasteiger partial charge in [-0.3, -0.25) is 4.79 Å². The van der Waals surface area contributed by atoms with Gasteiger partial charge in [-0.1, -0.05) is 12.1 Å². The highest BCUT2D eigenvalue weighted by Gasteiger charge is 2.12. The molecule has 0 spiro atoms. The molecule has 3 rings (SSSR count). The van der Waals surface area contributed by atoms with Crippen molar-refractivity contribution in [2.24, 2.45) is 0 Å². The van der Waals surface area contributed by atoms with E-state index in [1.165, 1.54) is 0 Å². The van der Waals surface area contributed by atoms with E-state index in [0.29, 0.717) is 12.8 Å². The summed E-state index contributed by atoms with van der Waals surface area (Å²) in [4.78, 5) is 16.5. The average Bonchev–Trinajstić information content (AvgIpc) is 2.96. The molecule has 0 atom stereocenters. The lowest BCUT2D eigenvalue weighted by molar-refractivity contribution is -0.117. The number of aryl methyl sites for hydroxylation is 2. The summed E-state index contributed by atoms with van der Waals surface area (Å²) in [5.74, 6) is 0.169. The number of hydrogen-bond acceptors (Lipinski definition) is 4. The molecule has 0 aliphatic rings. The van der Waals surface area contributed by atoms with Gasteiger partial charge in [-0.15, -0.1) is 11.3 Å². The highest BCUT2D eigenvalue weighted by atomic mass is 32.1. The molecule has 0 amide bonds. The van der Waals surface area contributed by atoms with Gasteiger partial charge in [0.1, 0.15) is 16.4 Å². The second-order valence-electron chi connectivity index (χ2n) is 5.04. The largest absolute Gasteiger partial charge is 0.464 e. The zero-order chi connectivity index (χ0) is 14.1. The predicted molar refractivity (Wildman–Crippen MR) is 80.2 cm³/mol. The van der Waals surface area contributed by atoms with Gasteiger partial charge >= 0.3 is 0 Å². The molecule has 0 aliphatic heterocycles. The summed E-state index contributed by atoms with van der Waals surface area (Å²) in [6.07, 6.45) is 2.49. The molecule has 0 saturated heterocycles. The second-order valence-corrected chi connectivity index (χ2v) is 5.98. The number of hydrogen-bond donors (Lipinski definition) is 0. The number of benzene rings is 1. The molecule has 0 aliphatic carbocycles. The van der Waals surface area contributed by atoms with Gasteiger partial charge in [-0.25, -0.2) is 4.98 Å². The zero-order valence-electron chi connectivity index (χ0n) is 11.5. The van der Waals surface area contributed by atoms with Crippen LogP contribution in [0.5, 0.6) is 0 Å². The number of fused-ring (bicyclic) bond motifs is 1. The normalized spacial score (nSPS) is 11.1. The van der Waals surface area contributed by atoms with Gasteiger partial charge in [0, 0.05) is 28.4 Å². The van der Waals surface area contributed by atoms with Gasteiger partial charge in [0.05, 0.1) is 12.7 Å². The third kappa shape index (κ3) is 2.65. The van der Waals surface area contributed by atoms with E-state index in [-0.39, 0.29) is 5.78 Å². The molecular weight excluding hydrogens is 270 g/mol. The van der Waals surface area contributed by atoms with Crippen molar-refractivity contribution in [1.82, 2.24) is 4.98 Å². The summed E-state index contributed by atoms with van der Waals surface area (Å²) in [6, 6.07) is 6.05. The minimum atomic E-state index is 0.169. The molecule has 0 bridgehead atoms. The SMILES string of the molecule is Cc1ccc2c(CC(=O)Cc3nc(C)cs3)coc2c1. The lowest BCUT2D eigenvalue weighted by Gasteiger charge is -1.98. The first kappa shape index (κ1) is 13.1. The fraction of sp³-hybridized carbons (Fsp3) is 0.250. The van der Waals surface area contributed by atoms with Gasteiger partial charge < -0.3 is 4.42 Å². The number of furan rings is 1. The Hall–Kier alpha value is -1.94. The number of nitrogens with zero attached hydrogens (tertiary/aromatic N) is 1. The average molecular weight is 285 g/mol. The first-order valence-corrected chi connectivity index (χ1v) is 7.39. The second kappa shape index (κ2) is 5.21. The van der Waals surface area contributed by atoms with Gasteiger partial charge in [0.2, 0.25) is 0 Å². The summed E-state index contributed by atoms with van der Waals surface area (Å²) >= 11 is 1.54. The summed E-state index contributed by atoms with van der Waals surface area (Å²) in [5, 5.41) is 3.88. The number of carbonyl (C=O) groups is 1. The molecule has 4 heteroatoms. The third-order valence-electron chi connectivity index (χ3n) is 3.21. The minimum Gasteiger partial charge on any atom is -0.464 e. The minimum absolute atomic E-state index is 0.169. The van der Waals surface area contributed by atoms with Crippen LogP contribution in [0.1, 0.15) is 21.8 Å². The van der Waals surface area contributed by atoms with Crippen LogP contribution < -0.4 is 0 Å². The maximum Gasteiger partial charge on any atom is 0.144 e. The van der Waals surface area contributed by atoms with Crippen molar-refractivity contribution in [3.8, 4) is 0 Å². The molecular formula is C16H15NO2S. The molecule has 0 unspecified atom stereocenters. The van der Waals surface area contributed by atoms with E-state index in [0.717, 1.165) is 32.8 Å². The van der Waals surface area contributed by atoms with Crippen LogP contribution in [0.2, 0.25) is 0 Å². The monoisotopic (exact) mass is 285 g/mol. The van der Waals surface area contributed by atoms with Crippen LogP contribution in [0.25, 0.3) is 11.0 Å². The first-order valence-electron chi connectivity index (χ1n) is 6.51. The molecule has 1 aromatic carbocycles. The Labute approximate surface area is 121 Å². The van der Waals surface area contributed by atoms with Crippen LogP contribution in [0.3, 0.4) is 0 Å². The van der Waals surface area contributed by atoms with Crippen molar-refractivity contribution in [2.45, 2.75) is 26.7 Å². The highest BCUT2D eigenvalue weighted by molar-refractivity contribution is 7.09. The Morgan fingerprint density at radius 2 is 2.15 bits per heavy atom. The molecule has 102 valence electrons. The summed E-state index contributed by atoms with van der Waals surface area (Å²) in [7, 11) is 0. The van der Waals surface area contributed by atoms with Crippen LogP contribution in [0.15, 0.2) is 34.3 Å². The van der Waals surface area contributed by atoms with Crippen LogP contribution >= 0.6 is 11.3 Å². The smallest absolute Gasteiger partial charge is 0.144 e. The van der Waals surface area contributed by atoms with Gasteiger partial charge in [0.15, 0.2) is 0 Å².